The van der Waals surface area contributed by atoms with Gasteiger partial charge in [-0.05, 0) is 55.5 Å². The summed E-state index contributed by atoms with van der Waals surface area (Å²) in [7, 11) is 0. The van der Waals surface area contributed by atoms with Gasteiger partial charge in [0.05, 0.1) is 22.5 Å². The third-order valence-corrected chi connectivity index (χ3v) is 5.03. The molecule has 0 saturated heterocycles. The van der Waals surface area contributed by atoms with Crippen molar-refractivity contribution in [2.75, 3.05) is 11.5 Å². The summed E-state index contributed by atoms with van der Waals surface area (Å²) in [6, 6.07) is 18.7. The van der Waals surface area contributed by atoms with Gasteiger partial charge in [-0.15, -0.1) is 0 Å². The Balaban J connectivity index is 1.80. The molecule has 0 spiro atoms. The maximum absolute atomic E-state index is 13.3. The first kappa shape index (κ1) is 17.2. The molecule has 0 radical (unpaired) electrons. The monoisotopic (exact) mass is 375 g/mol. The standard InChI is InChI=1S/C21H17N3O2S/c1-2-26-17-9-7-16(8-10-17)24(20(25)15-11-13-22-14-12-15)21-23-18-5-3-4-6-19(18)27-21/h3-14H,2H2,1H3. The number of hydrogen-bond donors (Lipinski definition) is 0. The Hall–Kier alpha value is -3.25. The third kappa shape index (κ3) is 3.52. The Labute approximate surface area is 160 Å². The van der Waals surface area contributed by atoms with E-state index in [4.69, 9.17) is 4.74 Å². The highest BCUT2D eigenvalue weighted by atomic mass is 32.1. The highest BCUT2D eigenvalue weighted by Gasteiger charge is 2.23. The number of hydrogen-bond acceptors (Lipinski definition) is 5. The molecular formula is C21H17N3O2S. The number of amides is 1. The zero-order chi connectivity index (χ0) is 18.6. The number of aromatic nitrogens is 2. The van der Waals surface area contributed by atoms with Crippen molar-refractivity contribution in [1.29, 1.82) is 0 Å². The molecule has 6 heteroatoms. The highest BCUT2D eigenvalue weighted by Crippen LogP contribution is 2.35. The van der Waals surface area contributed by atoms with Gasteiger partial charge in [-0.3, -0.25) is 14.7 Å². The van der Waals surface area contributed by atoms with Crippen LogP contribution < -0.4 is 9.64 Å². The van der Waals surface area contributed by atoms with E-state index in [1.807, 2.05) is 55.5 Å². The van der Waals surface area contributed by atoms with Gasteiger partial charge in [-0.2, -0.15) is 0 Å². The first-order valence-corrected chi connectivity index (χ1v) is 9.41. The predicted octanol–water partition coefficient (Wildman–Crippen LogP) is 5.07. The van der Waals surface area contributed by atoms with E-state index in [1.165, 1.54) is 11.3 Å². The second-order valence-electron chi connectivity index (χ2n) is 5.77. The van der Waals surface area contributed by atoms with Gasteiger partial charge in [0.2, 0.25) is 0 Å². The summed E-state index contributed by atoms with van der Waals surface area (Å²) >= 11 is 1.48. The number of rotatable bonds is 5. The van der Waals surface area contributed by atoms with E-state index in [1.54, 1.807) is 29.4 Å². The highest BCUT2D eigenvalue weighted by molar-refractivity contribution is 7.22. The number of anilines is 2. The molecular weight excluding hydrogens is 358 g/mol. The van der Waals surface area contributed by atoms with Crippen molar-refractivity contribution in [2.45, 2.75) is 6.92 Å². The molecule has 0 fully saturated rings. The number of para-hydroxylation sites is 1. The smallest absolute Gasteiger partial charge is 0.264 e. The third-order valence-electron chi connectivity index (χ3n) is 4.01. The molecule has 0 saturated carbocycles. The van der Waals surface area contributed by atoms with Gasteiger partial charge in [0, 0.05) is 18.0 Å². The summed E-state index contributed by atoms with van der Waals surface area (Å²) in [5.74, 6) is 0.613. The molecule has 4 aromatic rings. The van der Waals surface area contributed by atoms with E-state index in [2.05, 4.69) is 9.97 Å². The van der Waals surface area contributed by atoms with Crippen LogP contribution in [0.15, 0.2) is 73.1 Å². The summed E-state index contributed by atoms with van der Waals surface area (Å²) in [5.41, 5.74) is 2.16. The SMILES string of the molecule is CCOc1ccc(N(C(=O)c2ccncc2)c2nc3ccccc3s2)cc1. The Kier molecular flexibility index (Phi) is 4.80. The molecule has 2 aromatic heterocycles. The van der Waals surface area contributed by atoms with Gasteiger partial charge in [0.25, 0.3) is 5.91 Å². The lowest BCUT2D eigenvalue weighted by molar-refractivity contribution is 0.0999. The lowest BCUT2D eigenvalue weighted by atomic mass is 10.2. The fourth-order valence-corrected chi connectivity index (χ4v) is 3.74. The quantitative estimate of drug-likeness (QED) is 0.489. The maximum Gasteiger partial charge on any atom is 0.264 e. The fourth-order valence-electron chi connectivity index (χ4n) is 2.75. The van der Waals surface area contributed by atoms with E-state index >= 15 is 0 Å². The van der Waals surface area contributed by atoms with Crippen molar-refractivity contribution in [3.05, 3.63) is 78.6 Å². The Morgan fingerprint density at radius 2 is 1.78 bits per heavy atom. The van der Waals surface area contributed by atoms with Crippen LogP contribution in [0.3, 0.4) is 0 Å². The first-order chi connectivity index (χ1) is 13.3. The molecule has 2 aromatic carbocycles. The van der Waals surface area contributed by atoms with Gasteiger partial charge in [0.15, 0.2) is 5.13 Å². The normalized spacial score (nSPS) is 10.7. The van der Waals surface area contributed by atoms with E-state index in [9.17, 15) is 4.79 Å². The van der Waals surface area contributed by atoms with Crippen LogP contribution in [0.4, 0.5) is 10.8 Å². The zero-order valence-electron chi connectivity index (χ0n) is 14.7. The number of benzene rings is 2. The van der Waals surface area contributed by atoms with Crippen molar-refractivity contribution in [2.24, 2.45) is 0 Å². The van der Waals surface area contributed by atoms with Crippen LogP contribution in [-0.2, 0) is 0 Å². The van der Waals surface area contributed by atoms with E-state index in [-0.39, 0.29) is 5.91 Å². The van der Waals surface area contributed by atoms with Gasteiger partial charge >= 0.3 is 0 Å². The van der Waals surface area contributed by atoms with Crippen LogP contribution in [-0.4, -0.2) is 22.5 Å². The Bertz CT molecular complexity index is 1030. The van der Waals surface area contributed by atoms with Crippen LogP contribution in [0, 0.1) is 0 Å². The average Bonchev–Trinajstić information content (AvgIpc) is 3.14. The van der Waals surface area contributed by atoms with Crippen LogP contribution in [0.5, 0.6) is 5.75 Å². The number of ether oxygens (including phenoxy) is 1. The van der Waals surface area contributed by atoms with E-state index < -0.39 is 0 Å². The number of carbonyl (C=O) groups is 1. The van der Waals surface area contributed by atoms with Gasteiger partial charge in [-0.1, -0.05) is 23.5 Å². The Morgan fingerprint density at radius 3 is 2.48 bits per heavy atom. The summed E-state index contributed by atoms with van der Waals surface area (Å²) in [4.78, 5) is 23.6. The van der Waals surface area contributed by atoms with Crippen LogP contribution in [0.25, 0.3) is 10.2 Å². The molecule has 1 amide bonds. The number of fused-ring (bicyclic) bond motifs is 1. The van der Waals surface area contributed by atoms with E-state index in [0.29, 0.717) is 17.3 Å². The lowest BCUT2D eigenvalue weighted by Crippen LogP contribution is -2.25. The van der Waals surface area contributed by atoms with Crippen molar-refractivity contribution < 1.29 is 9.53 Å². The number of pyridine rings is 1. The van der Waals surface area contributed by atoms with Crippen LogP contribution >= 0.6 is 11.3 Å². The fraction of sp³-hybridized carbons (Fsp3) is 0.0952. The summed E-state index contributed by atoms with van der Waals surface area (Å²) in [6.45, 7) is 2.53. The second-order valence-corrected chi connectivity index (χ2v) is 6.78. The molecule has 4 rings (SSSR count). The van der Waals surface area contributed by atoms with Gasteiger partial charge in [-0.25, -0.2) is 4.98 Å². The minimum atomic E-state index is -0.152. The molecule has 0 unspecified atom stereocenters. The van der Waals surface area contributed by atoms with E-state index in [0.717, 1.165) is 21.7 Å². The van der Waals surface area contributed by atoms with Crippen molar-refractivity contribution in [3.8, 4) is 5.75 Å². The molecule has 0 aliphatic rings. The minimum Gasteiger partial charge on any atom is -0.494 e. The van der Waals surface area contributed by atoms with Crippen molar-refractivity contribution >= 4 is 38.3 Å². The molecule has 0 atom stereocenters. The van der Waals surface area contributed by atoms with Gasteiger partial charge in [0.1, 0.15) is 5.75 Å². The Morgan fingerprint density at radius 1 is 1.04 bits per heavy atom. The molecule has 2 heterocycles. The minimum absolute atomic E-state index is 0.152. The molecule has 0 aliphatic carbocycles. The average molecular weight is 375 g/mol. The number of nitrogens with zero attached hydrogens (tertiary/aromatic N) is 3. The molecule has 5 nitrogen and oxygen atoms in total. The maximum atomic E-state index is 13.3. The number of thiazole rings is 1. The molecule has 134 valence electrons. The summed E-state index contributed by atoms with van der Waals surface area (Å²) in [5, 5.41) is 0.627. The van der Waals surface area contributed by atoms with Gasteiger partial charge < -0.3 is 4.74 Å². The number of carbonyl (C=O) groups excluding carboxylic acids is 1. The van der Waals surface area contributed by atoms with Crippen LogP contribution in [0.1, 0.15) is 17.3 Å². The van der Waals surface area contributed by atoms with Crippen molar-refractivity contribution in [1.82, 2.24) is 9.97 Å². The largest absolute Gasteiger partial charge is 0.494 e. The second kappa shape index (κ2) is 7.55. The summed E-state index contributed by atoms with van der Waals surface area (Å²) < 4.78 is 6.55. The molecule has 27 heavy (non-hydrogen) atoms. The topological polar surface area (TPSA) is 55.3 Å². The van der Waals surface area contributed by atoms with Crippen molar-refractivity contribution in [3.63, 3.8) is 0 Å². The molecule has 0 bridgehead atoms. The van der Waals surface area contributed by atoms with Crippen LogP contribution in [0.2, 0.25) is 0 Å². The molecule has 0 N–H and O–H groups in total. The summed E-state index contributed by atoms with van der Waals surface area (Å²) in [6.07, 6.45) is 3.23. The lowest BCUT2D eigenvalue weighted by Gasteiger charge is -2.20. The molecule has 0 aliphatic heterocycles. The first-order valence-electron chi connectivity index (χ1n) is 8.59. The zero-order valence-corrected chi connectivity index (χ0v) is 15.5. The predicted molar refractivity (Wildman–Crippen MR) is 108 cm³/mol.